The van der Waals surface area contributed by atoms with E-state index < -0.39 is 24.2 Å². The van der Waals surface area contributed by atoms with Crippen LogP contribution in [0.25, 0.3) is 0 Å². The number of rotatable bonds is 4. The van der Waals surface area contributed by atoms with Crippen molar-refractivity contribution in [2.45, 2.75) is 63.6 Å². The number of aliphatic hydroxyl groups excluding tert-OH is 1. The molecule has 4 atom stereocenters. The van der Waals surface area contributed by atoms with Gasteiger partial charge in [-0.3, -0.25) is 19.2 Å². The van der Waals surface area contributed by atoms with Gasteiger partial charge in [-0.15, -0.1) is 0 Å². The molecule has 0 spiro atoms. The quantitative estimate of drug-likeness (QED) is 0.747. The van der Waals surface area contributed by atoms with Gasteiger partial charge in [-0.25, -0.2) is 0 Å². The lowest BCUT2D eigenvalue weighted by atomic mass is 10.1. The van der Waals surface area contributed by atoms with E-state index in [2.05, 4.69) is 9.88 Å². The Bertz CT molecular complexity index is 785. The van der Waals surface area contributed by atoms with Crippen LogP contribution in [0.4, 0.5) is 0 Å². The summed E-state index contributed by atoms with van der Waals surface area (Å²) in [5.41, 5.74) is 0.474. The zero-order valence-electron chi connectivity index (χ0n) is 15.0. The van der Waals surface area contributed by atoms with Crippen molar-refractivity contribution >= 4 is 12.2 Å². The number of aromatic nitrogens is 2. The molecule has 9 heteroatoms. The molecule has 26 heavy (non-hydrogen) atoms. The summed E-state index contributed by atoms with van der Waals surface area (Å²) in [4.78, 5) is 17.4. The molecule has 0 saturated carbocycles. The van der Waals surface area contributed by atoms with Gasteiger partial charge in [0.1, 0.15) is 18.3 Å². The van der Waals surface area contributed by atoms with E-state index in [1.807, 2.05) is 13.8 Å². The first-order valence-corrected chi connectivity index (χ1v) is 9.47. The number of nitrogens with one attached hydrogen (secondary N) is 1. The molecular weight excluding hydrogens is 358 g/mol. The SMILES string of the molecule is CC1(C)O[C@@H]2[C@H](O1)[C@@H](CO)O[C@H]2n1cc(CN2CCCC2)c(=O)[nH]c1=S. The lowest BCUT2D eigenvalue weighted by molar-refractivity contribution is -0.200. The monoisotopic (exact) mass is 383 g/mol. The molecule has 4 rings (SSSR count). The summed E-state index contributed by atoms with van der Waals surface area (Å²) in [6, 6.07) is 0. The van der Waals surface area contributed by atoms with Crippen molar-refractivity contribution in [3.05, 3.63) is 26.9 Å². The predicted octanol–water partition coefficient (Wildman–Crippen LogP) is 0.911. The maximum atomic E-state index is 12.3. The smallest absolute Gasteiger partial charge is 0.256 e. The number of nitrogens with zero attached hydrogens (tertiary/aromatic N) is 2. The Morgan fingerprint density at radius 2 is 2.00 bits per heavy atom. The van der Waals surface area contributed by atoms with Gasteiger partial charge in [0.15, 0.2) is 16.8 Å². The predicted molar refractivity (Wildman–Crippen MR) is 95.2 cm³/mol. The topological polar surface area (TPSA) is 88.9 Å². The average molecular weight is 383 g/mol. The third-order valence-electron chi connectivity index (χ3n) is 5.21. The van der Waals surface area contributed by atoms with Crippen LogP contribution in [0.1, 0.15) is 38.5 Å². The zero-order valence-corrected chi connectivity index (χ0v) is 15.8. The Morgan fingerprint density at radius 3 is 2.69 bits per heavy atom. The zero-order chi connectivity index (χ0) is 18.5. The average Bonchev–Trinajstić information content (AvgIpc) is 3.25. The van der Waals surface area contributed by atoms with E-state index in [1.54, 1.807) is 10.8 Å². The molecule has 0 unspecified atom stereocenters. The summed E-state index contributed by atoms with van der Waals surface area (Å²) < 4.78 is 19.9. The fourth-order valence-electron chi connectivity index (χ4n) is 4.04. The fourth-order valence-corrected chi connectivity index (χ4v) is 4.29. The summed E-state index contributed by atoms with van der Waals surface area (Å²) in [7, 11) is 0. The van der Waals surface area contributed by atoms with Crippen molar-refractivity contribution in [3.8, 4) is 0 Å². The second-order valence-corrected chi connectivity index (χ2v) is 8.00. The first-order chi connectivity index (χ1) is 12.4. The molecule has 0 aliphatic carbocycles. The lowest BCUT2D eigenvalue weighted by Gasteiger charge is -2.25. The van der Waals surface area contributed by atoms with E-state index in [9.17, 15) is 9.90 Å². The van der Waals surface area contributed by atoms with Crippen LogP contribution in [-0.2, 0) is 20.8 Å². The van der Waals surface area contributed by atoms with Crippen LogP contribution < -0.4 is 5.56 Å². The molecule has 8 nitrogen and oxygen atoms in total. The Kier molecular flexibility index (Phi) is 4.79. The number of ether oxygens (including phenoxy) is 3. The number of H-pyrrole nitrogens is 1. The van der Waals surface area contributed by atoms with Gasteiger partial charge in [-0.2, -0.15) is 0 Å². The molecular formula is C17H25N3O5S. The second-order valence-electron chi connectivity index (χ2n) is 7.62. The Hall–Kier alpha value is -1.10. The van der Waals surface area contributed by atoms with Crippen molar-refractivity contribution < 1.29 is 19.3 Å². The summed E-state index contributed by atoms with van der Waals surface area (Å²) in [6.45, 7) is 6.07. The van der Waals surface area contributed by atoms with Crippen molar-refractivity contribution in [2.75, 3.05) is 19.7 Å². The Labute approximate surface area is 156 Å². The summed E-state index contributed by atoms with van der Waals surface area (Å²) >= 11 is 5.37. The van der Waals surface area contributed by atoms with E-state index in [0.717, 1.165) is 25.9 Å². The number of hydrogen-bond donors (Lipinski definition) is 2. The minimum absolute atomic E-state index is 0.171. The molecule has 3 saturated heterocycles. The van der Waals surface area contributed by atoms with Gasteiger partial charge < -0.3 is 19.3 Å². The van der Waals surface area contributed by atoms with E-state index in [0.29, 0.717) is 12.1 Å². The molecule has 0 aromatic carbocycles. The van der Waals surface area contributed by atoms with Crippen LogP contribution >= 0.6 is 12.2 Å². The van der Waals surface area contributed by atoms with Crippen LogP contribution in [0.2, 0.25) is 0 Å². The summed E-state index contributed by atoms with van der Waals surface area (Å²) in [5.74, 6) is -0.756. The van der Waals surface area contributed by atoms with E-state index in [1.165, 1.54) is 0 Å². The fraction of sp³-hybridized carbons (Fsp3) is 0.765. The highest BCUT2D eigenvalue weighted by Gasteiger charge is 2.55. The second kappa shape index (κ2) is 6.81. The van der Waals surface area contributed by atoms with Gasteiger partial charge in [-0.1, -0.05) is 0 Å². The van der Waals surface area contributed by atoms with Crippen molar-refractivity contribution in [3.63, 3.8) is 0 Å². The van der Waals surface area contributed by atoms with Crippen molar-refractivity contribution in [2.24, 2.45) is 0 Å². The molecule has 0 radical (unpaired) electrons. The van der Waals surface area contributed by atoms with Crippen molar-refractivity contribution in [1.29, 1.82) is 0 Å². The molecule has 3 fully saturated rings. The maximum absolute atomic E-state index is 12.3. The molecule has 0 amide bonds. The standard InChI is InChI=1S/C17H25N3O5S/c1-17(2)24-12-11(9-21)23-15(13(12)25-17)20-8-10(14(22)18-16(20)26)7-19-5-3-4-6-19/h8,11-13,15,21H,3-7,9H2,1-2H3,(H,18,22,26)/t11-,12-,13-,15-/m1/s1. The third-order valence-corrected chi connectivity index (χ3v) is 5.53. The molecule has 3 aliphatic heterocycles. The van der Waals surface area contributed by atoms with Gasteiger partial charge in [0.2, 0.25) is 0 Å². The first kappa shape index (κ1) is 18.3. The van der Waals surface area contributed by atoms with E-state index in [4.69, 9.17) is 26.4 Å². The van der Waals surface area contributed by atoms with Gasteiger partial charge in [0.05, 0.1) is 6.61 Å². The maximum Gasteiger partial charge on any atom is 0.256 e. The van der Waals surface area contributed by atoms with Gasteiger partial charge in [-0.05, 0) is 52.0 Å². The van der Waals surface area contributed by atoms with Crippen molar-refractivity contribution in [1.82, 2.24) is 14.5 Å². The first-order valence-electron chi connectivity index (χ1n) is 9.06. The Balaban J connectivity index is 1.66. The van der Waals surface area contributed by atoms with Crippen LogP contribution in [0.5, 0.6) is 0 Å². The molecule has 2 N–H and O–H groups in total. The van der Waals surface area contributed by atoms with Crippen LogP contribution in [0, 0.1) is 4.77 Å². The van der Waals surface area contributed by atoms with E-state index in [-0.39, 0.29) is 23.0 Å². The minimum atomic E-state index is -0.756. The normalized spacial score (nSPS) is 33.7. The third kappa shape index (κ3) is 3.28. The molecule has 1 aromatic rings. The van der Waals surface area contributed by atoms with Crippen LogP contribution in [0.3, 0.4) is 0 Å². The molecule has 0 bridgehead atoms. The van der Waals surface area contributed by atoms with Gasteiger partial charge >= 0.3 is 0 Å². The number of fused-ring (bicyclic) bond motifs is 1. The van der Waals surface area contributed by atoms with Crippen LogP contribution in [-0.4, -0.2) is 63.4 Å². The number of hydrogen-bond acceptors (Lipinski definition) is 7. The van der Waals surface area contributed by atoms with E-state index >= 15 is 0 Å². The summed E-state index contributed by atoms with van der Waals surface area (Å²) in [6.07, 6.45) is 2.24. The molecule has 144 valence electrons. The molecule has 4 heterocycles. The highest BCUT2D eigenvalue weighted by atomic mass is 32.1. The molecule has 1 aromatic heterocycles. The lowest BCUT2D eigenvalue weighted by Crippen LogP contribution is -2.32. The number of aromatic amines is 1. The minimum Gasteiger partial charge on any atom is -0.394 e. The Morgan fingerprint density at radius 1 is 1.31 bits per heavy atom. The molecule has 3 aliphatic rings. The van der Waals surface area contributed by atoms with Crippen LogP contribution in [0.15, 0.2) is 11.0 Å². The van der Waals surface area contributed by atoms with Gasteiger partial charge in [0, 0.05) is 18.3 Å². The highest BCUT2D eigenvalue weighted by Crippen LogP contribution is 2.42. The largest absolute Gasteiger partial charge is 0.394 e. The van der Waals surface area contributed by atoms with Gasteiger partial charge in [0.25, 0.3) is 5.56 Å². The summed E-state index contributed by atoms with van der Waals surface area (Å²) in [5, 5.41) is 9.65. The number of likely N-dealkylation sites (tertiary alicyclic amines) is 1. The number of aliphatic hydroxyl groups is 1. The highest BCUT2D eigenvalue weighted by molar-refractivity contribution is 7.71.